The number of carbonyl (C=O) groups excluding carboxylic acids is 1. The topological polar surface area (TPSA) is 29.1 Å². The third-order valence-electron chi connectivity index (χ3n) is 3.00. The van der Waals surface area contributed by atoms with E-state index in [9.17, 15) is 4.79 Å². The SMILES string of the molecule is CCCC(=O)NCC1(C)CCCC1. The molecule has 1 N–H and O–H groups in total. The number of nitrogens with one attached hydrogen (secondary N) is 1. The van der Waals surface area contributed by atoms with Crippen LogP contribution >= 0.6 is 0 Å². The zero-order chi connectivity index (χ0) is 9.73. The maximum absolute atomic E-state index is 11.2. The number of hydrogen-bond donors (Lipinski definition) is 1. The first-order chi connectivity index (χ1) is 6.16. The molecule has 0 spiro atoms. The van der Waals surface area contributed by atoms with Gasteiger partial charge in [0, 0.05) is 13.0 Å². The first-order valence-corrected chi connectivity index (χ1v) is 5.43. The van der Waals surface area contributed by atoms with Gasteiger partial charge in [0.15, 0.2) is 0 Å². The molecule has 76 valence electrons. The van der Waals surface area contributed by atoms with Crippen LogP contribution in [0.3, 0.4) is 0 Å². The molecule has 2 heteroatoms. The highest BCUT2D eigenvalue weighted by atomic mass is 16.1. The predicted molar refractivity (Wildman–Crippen MR) is 54.5 cm³/mol. The molecule has 0 unspecified atom stereocenters. The van der Waals surface area contributed by atoms with Crippen LogP contribution in [0.4, 0.5) is 0 Å². The van der Waals surface area contributed by atoms with E-state index >= 15 is 0 Å². The molecule has 0 aliphatic heterocycles. The Morgan fingerprint density at radius 3 is 2.54 bits per heavy atom. The van der Waals surface area contributed by atoms with Gasteiger partial charge >= 0.3 is 0 Å². The van der Waals surface area contributed by atoms with E-state index in [2.05, 4.69) is 12.2 Å². The lowest BCUT2D eigenvalue weighted by Crippen LogP contribution is -2.33. The summed E-state index contributed by atoms with van der Waals surface area (Å²) in [5.74, 6) is 0.218. The Kier molecular flexibility index (Phi) is 3.76. The van der Waals surface area contributed by atoms with Crippen molar-refractivity contribution in [3.8, 4) is 0 Å². The van der Waals surface area contributed by atoms with Crippen molar-refractivity contribution >= 4 is 5.91 Å². The number of carbonyl (C=O) groups is 1. The average molecular weight is 183 g/mol. The first kappa shape index (κ1) is 10.6. The minimum atomic E-state index is 0.218. The van der Waals surface area contributed by atoms with Gasteiger partial charge in [-0.1, -0.05) is 26.7 Å². The van der Waals surface area contributed by atoms with Crippen LogP contribution in [-0.2, 0) is 4.79 Å². The van der Waals surface area contributed by atoms with Crippen LogP contribution < -0.4 is 5.32 Å². The van der Waals surface area contributed by atoms with Crippen molar-refractivity contribution in [2.45, 2.75) is 52.4 Å². The summed E-state index contributed by atoms with van der Waals surface area (Å²) in [6.07, 6.45) is 6.84. The van der Waals surface area contributed by atoms with E-state index in [-0.39, 0.29) is 5.91 Å². The Bertz CT molecular complexity index is 171. The van der Waals surface area contributed by atoms with E-state index in [4.69, 9.17) is 0 Å². The lowest BCUT2D eigenvalue weighted by atomic mass is 9.89. The fourth-order valence-corrected chi connectivity index (χ4v) is 2.03. The van der Waals surface area contributed by atoms with Crippen molar-refractivity contribution in [1.82, 2.24) is 5.32 Å². The Labute approximate surface area is 81.1 Å². The van der Waals surface area contributed by atoms with Gasteiger partial charge in [0.05, 0.1) is 0 Å². The molecule has 13 heavy (non-hydrogen) atoms. The Balaban J connectivity index is 2.21. The summed E-state index contributed by atoms with van der Waals surface area (Å²) in [6, 6.07) is 0. The highest BCUT2D eigenvalue weighted by Crippen LogP contribution is 2.36. The Morgan fingerprint density at radius 1 is 1.38 bits per heavy atom. The van der Waals surface area contributed by atoms with Crippen LogP contribution in [0.5, 0.6) is 0 Å². The van der Waals surface area contributed by atoms with Crippen LogP contribution in [0, 0.1) is 5.41 Å². The monoisotopic (exact) mass is 183 g/mol. The zero-order valence-corrected chi connectivity index (χ0v) is 8.86. The quantitative estimate of drug-likeness (QED) is 0.712. The van der Waals surface area contributed by atoms with E-state index in [0.29, 0.717) is 11.8 Å². The average Bonchev–Trinajstić information content (AvgIpc) is 2.51. The molecule has 0 aromatic carbocycles. The van der Waals surface area contributed by atoms with Gasteiger partial charge in [0.2, 0.25) is 5.91 Å². The second-order valence-corrected chi connectivity index (χ2v) is 4.54. The lowest BCUT2D eigenvalue weighted by Gasteiger charge is -2.23. The summed E-state index contributed by atoms with van der Waals surface area (Å²) >= 11 is 0. The van der Waals surface area contributed by atoms with E-state index in [1.165, 1.54) is 25.7 Å². The fraction of sp³-hybridized carbons (Fsp3) is 0.909. The molecular weight excluding hydrogens is 162 g/mol. The van der Waals surface area contributed by atoms with Crippen molar-refractivity contribution in [2.75, 3.05) is 6.54 Å². The smallest absolute Gasteiger partial charge is 0.220 e. The van der Waals surface area contributed by atoms with Crippen LogP contribution in [0.25, 0.3) is 0 Å². The number of rotatable bonds is 4. The van der Waals surface area contributed by atoms with Gasteiger partial charge < -0.3 is 5.32 Å². The van der Waals surface area contributed by atoms with Gasteiger partial charge in [-0.3, -0.25) is 4.79 Å². The zero-order valence-electron chi connectivity index (χ0n) is 8.86. The number of hydrogen-bond acceptors (Lipinski definition) is 1. The molecule has 0 atom stereocenters. The van der Waals surface area contributed by atoms with Gasteiger partial charge in [-0.15, -0.1) is 0 Å². The lowest BCUT2D eigenvalue weighted by molar-refractivity contribution is -0.121. The molecule has 0 bridgehead atoms. The van der Waals surface area contributed by atoms with Crippen LogP contribution in [0.2, 0.25) is 0 Å². The molecule has 0 heterocycles. The van der Waals surface area contributed by atoms with E-state index in [0.717, 1.165) is 13.0 Å². The largest absolute Gasteiger partial charge is 0.356 e. The molecule has 1 rings (SSSR count). The van der Waals surface area contributed by atoms with E-state index < -0.39 is 0 Å². The van der Waals surface area contributed by atoms with Gasteiger partial charge in [-0.25, -0.2) is 0 Å². The minimum Gasteiger partial charge on any atom is -0.356 e. The summed E-state index contributed by atoms with van der Waals surface area (Å²) in [4.78, 5) is 11.2. The molecule has 0 radical (unpaired) electrons. The highest BCUT2D eigenvalue weighted by Gasteiger charge is 2.28. The summed E-state index contributed by atoms with van der Waals surface area (Å²) in [7, 11) is 0. The van der Waals surface area contributed by atoms with Crippen molar-refractivity contribution in [1.29, 1.82) is 0 Å². The van der Waals surface area contributed by atoms with Crippen molar-refractivity contribution in [3.63, 3.8) is 0 Å². The summed E-state index contributed by atoms with van der Waals surface area (Å²) in [5, 5.41) is 3.03. The maximum atomic E-state index is 11.2. The third kappa shape index (κ3) is 3.37. The van der Waals surface area contributed by atoms with Crippen LogP contribution in [-0.4, -0.2) is 12.5 Å². The third-order valence-corrected chi connectivity index (χ3v) is 3.00. The summed E-state index contributed by atoms with van der Waals surface area (Å²) < 4.78 is 0. The molecule has 1 aliphatic rings. The number of amides is 1. The molecule has 1 saturated carbocycles. The standard InChI is InChI=1S/C11H21NO/c1-3-6-10(13)12-9-11(2)7-4-5-8-11/h3-9H2,1-2H3,(H,12,13). The van der Waals surface area contributed by atoms with E-state index in [1.54, 1.807) is 0 Å². The molecule has 1 amide bonds. The van der Waals surface area contributed by atoms with Gasteiger partial charge in [-0.2, -0.15) is 0 Å². The second kappa shape index (κ2) is 4.64. The van der Waals surface area contributed by atoms with Crippen molar-refractivity contribution in [2.24, 2.45) is 5.41 Å². The summed E-state index contributed by atoms with van der Waals surface area (Å²) in [6.45, 7) is 5.20. The molecule has 0 aromatic rings. The van der Waals surface area contributed by atoms with Crippen LogP contribution in [0.15, 0.2) is 0 Å². The maximum Gasteiger partial charge on any atom is 0.220 e. The Hall–Kier alpha value is -0.530. The molecular formula is C11H21NO. The van der Waals surface area contributed by atoms with E-state index in [1.807, 2.05) is 6.92 Å². The molecule has 0 saturated heterocycles. The second-order valence-electron chi connectivity index (χ2n) is 4.54. The van der Waals surface area contributed by atoms with Crippen molar-refractivity contribution < 1.29 is 4.79 Å². The Morgan fingerprint density at radius 2 is 2.00 bits per heavy atom. The highest BCUT2D eigenvalue weighted by molar-refractivity contribution is 5.75. The minimum absolute atomic E-state index is 0.218. The predicted octanol–water partition coefficient (Wildman–Crippen LogP) is 2.48. The first-order valence-electron chi connectivity index (χ1n) is 5.43. The molecule has 2 nitrogen and oxygen atoms in total. The van der Waals surface area contributed by atoms with Crippen molar-refractivity contribution in [3.05, 3.63) is 0 Å². The van der Waals surface area contributed by atoms with Gasteiger partial charge in [-0.05, 0) is 24.7 Å². The molecule has 0 aromatic heterocycles. The van der Waals surface area contributed by atoms with Gasteiger partial charge in [0.25, 0.3) is 0 Å². The van der Waals surface area contributed by atoms with Gasteiger partial charge in [0.1, 0.15) is 0 Å². The normalized spacial score (nSPS) is 20.2. The fourth-order valence-electron chi connectivity index (χ4n) is 2.03. The van der Waals surface area contributed by atoms with Crippen LogP contribution in [0.1, 0.15) is 52.4 Å². The molecule has 1 fully saturated rings. The summed E-state index contributed by atoms with van der Waals surface area (Å²) in [5.41, 5.74) is 0.392. The molecule has 1 aliphatic carbocycles.